The van der Waals surface area contributed by atoms with Crippen LogP contribution in [0.25, 0.3) is 0 Å². The van der Waals surface area contributed by atoms with E-state index in [9.17, 15) is 4.79 Å². The second kappa shape index (κ2) is 11.1. The normalized spacial score (nSPS) is 14.9. The van der Waals surface area contributed by atoms with Gasteiger partial charge in [0.05, 0.1) is 12.6 Å². The summed E-state index contributed by atoms with van der Waals surface area (Å²) in [5.74, 6) is 0.701. The lowest BCUT2D eigenvalue weighted by Gasteiger charge is -2.28. The Morgan fingerprint density at radius 1 is 1.14 bits per heavy atom. The number of rotatable bonds is 8. The quantitative estimate of drug-likeness (QED) is 0.691. The van der Waals surface area contributed by atoms with Gasteiger partial charge in [0.15, 0.2) is 0 Å². The van der Waals surface area contributed by atoms with E-state index in [-0.39, 0.29) is 24.4 Å². The fourth-order valence-electron chi connectivity index (χ4n) is 3.54. The topological polar surface area (TPSA) is 41.6 Å². The molecule has 1 heterocycles. The minimum absolute atomic E-state index is 0. The zero-order valence-electron chi connectivity index (χ0n) is 16.8. The molecular formula is C23H31ClN2O2. The van der Waals surface area contributed by atoms with E-state index >= 15 is 0 Å². The van der Waals surface area contributed by atoms with Crippen molar-refractivity contribution in [2.45, 2.75) is 39.2 Å². The maximum absolute atomic E-state index is 12.7. The number of carbonyl (C=O) groups excluding carboxylic acids is 1. The molecule has 1 N–H and O–H groups in total. The summed E-state index contributed by atoms with van der Waals surface area (Å²) in [6, 6.07) is 16.3. The Morgan fingerprint density at radius 3 is 2.54 bits per heavy atom. The third-order valence-corrected chi connectivity index (χ3v) is 5.07. The average Bonchev–Trinajstić information content (AvgIpc) is 3.22. The van der Waals surface area contributed by atoms with Gasteiger partial charge in [0.25, 0.3) is 5.91 Å². The van der Waals surface area contributed by atoms with Crippen LogP contribution in [0.2, 0.25) is 0 Å². The first-order chi connectivity index (χ1) is 13.2. The number of hydrogen-bond donors (Lipinski definition) is 1. The molecule has 0 bridgehead atoms. The van der Waals surface area contributed by atoms with Crippen LogP contribution in [0.1, 0.15) is 53.7 Å². The number of aryl methyl sites for hydroxylation is 1. The molecule has 5 heteroatoms. The van der Waals surface area contributed by atoms with Gasteiger partial charge in [-0.2, -0.15) is 0 Å². The monoisotopic (exact) mass is 402 g/mol. The van der Waals surface area contributed by atoms with E-state index in [1.165, 1.54) is 24.0 Å². The molecule has 4 nitrogen and oxygen atoms in total. The molecule has 1 atom stereocenters. The molecule has 0 aromatic heterocycles. The van der Waals surface area contributed by atoms with Crippen LogP contribution in [-0.2, 0) is 0 Å². The zero-order chi connectivity index (χ0) is 19.1. The number of nitrogens with zero attached hydrogens (tertiary/aromatic N) is 1. The van der Waals surface area contributed by atoms with Gasteiger partial charge >= 0.3 is 0 Å². The minimum atomic E-state index is -0.0479. The van der Waals surface area contributed by atoms with Crippen molar-refractivity contribution in [3.8, 4) is 5.75 Å². The Morgan fingerprint density at radius 2 is 1.86 bits per heavy atom. The highest BCUT2D eigenvalue weighted by Crippen LogP contribution is 2.25. The highest BCUT2D eigenvalue weighted by Gasteiger charge is 2.24. The second-order valence-electron chi connectivity index (χ2n) is 7.26. The number of amides is 1. The molecule has 28 heavy (non-hydrogen) atoms. The lowest BCUT2D eigenvalue weighted by molar-refractivity contribution is 0.0937. The average molecular weight is 403 g/mol. The van der Waals surface area contributed by atoms with Crippen LogP contribution < -0.4 is 10.1 Å². The summed E-state index contributed by atoms with van der Waals surface area (Å²) in [7, 11) is 0. The van der Waals surface area contributed by atoms with E-state index in [0.29, 0.717) is 18.7 Å². The molecule has 2 aromatic carbocycles. The number of benzene rings is 2. The van der Waals surface area contributed by atoms with E-state index in [2.05, 4.69) is 48.3 Å². The van der Waals surface area contributed by atoms with Crippen molar-refractivity contribution in [3.63, 3.8) is 0 Å². The van der Waals surface area contributed by atoms with Gasteiger partial charge in [-0.15, -0.1) is 12.4 Å². The molecule has 1 unspecified atom stereocenters. The number of nitrogens with one attached hydrogen (secondary N) is 1. The van der Waals surface area contributed by atoms with Gasteiger partial charge in [0, 0.05) is 12.1 Å². The van der Waals surface area contributed by atoms with Crippen LogP contribution in [0.15, 0.2) is 48.5 Å². The number of carbonyl (C=O) groups is 1. The van der Waals surface area contributed by atoms with Crippen molar-refractivity contribution in [2.24, 2.45) is 0 Å². The van der Waals surface area contributed by atoms with Crippen molar-refractivity contribution in [1.82, 2.24) is 10.2 Å². The number of ether oxygens (including phenoxy) is 1. The molecule has 0 spiro atoms. The van der Waals surface area contributed by atoms with Crippen LogP contribution >= 0.6 is 12.4 Å². The fourth-order valence-corrected chi connectivity index (χ4v) is 3.54. The number of likely N-dealkylation sites (tertiary alicyclic amines) is 1. The molecule has 1 fully saturated rings. The standard InChI is InChI=1S/C23H30N2O2.ClH/c1-3-15-27-21-8-6-7-20(16-21)23(26)24-17-22(25-13-4-5-14-25)19-11-9-18(2)10-12-19;/h6-12,16,22H,3-5,13-15,17H2,1-2H3,(H,24,26);1H. The third kappa shape index (κ3) is 5.98. The summed E-state index contributed by atoms with van der Waals surface area (Å²) < 4.78 is 5.65. The third-order valence-electron chi connectivity index (χ3n) is 5.07. The van der Waals surface area contributed by atoms with Crippen LogP contribution in [-0.4, -0.2) is 37.0 Å². The Balaban J connectivity index is 0.00000280. The molecule has 0 saturated carbocycles. The predicted molar refractivity (Wildman–Crippen MR) is 117 cm³/mol. The first kappa shape index (κ1) is 22.3. The van der Waals surface area contributed by atoms with Crippen LogP contribution in [0.4, 0.5) is 0 Å². The van der Waals surface area contributed by atoms with E-state index in [1.807, 2.05) is 24.3 Å². The van der Waals surface area contributed by atoms with Crippen LogP contribution in [0.3, 0.4) is 0 Å². The Kier molecular flexibility index (Phi) is 8.81. The molecule has 1 aliphatic rings. The molecular weight excluding hydrogens is 372 g/mol. The summed E-state index contributed by atoms with van der Waals surface area (Å²) in [5.41, 5.74) is 3.17. The fraction of sp³-hybridized carbons (Fsp3) is 0.435. The van der Waals surface area contributed by atoms with Gasteiger partial charge in [-0.3, -0.25) is 9.69 Å². The SMILES string of the molecule is CCCOc1cccc(C(=O)NCC(c2ccc(C)cc2)N2CCCC2)c1.Cl. The minimum Gasteiger partial charge on any atom is -0.494 e. The van der Waals surface area contributed by atoms with E-state index in [4.69, 9.17) is 4.74 Å². The van der Waals surface area contributed by atoms with Crippen molar-refractivity contribution in [2.75, 3.05) is 26.2 Å². The summed E-state index contributed by atoms with van der Waals surface area (Å²) in [5, 5.41) is 3.14. The van der Waals surface area contributed by atoms with Crippen molar-refractivity contribution in [1.29, 1.82) is 0 Å². The highest BCUT2D eigenvalue weighted by molar-refractivity contribution is 5.94. The predicted octanol–water partition coefficient (Wildman–Crippen LogP) is 4.77. The van der Waals surface area contributed by atoms with Crippen molar-refractivity contribution >= 4 is 18.3 Å². The summed E-state index contributed by atoms with van der Waals surface area (Å²) in [4.78, 5) is 15.2. The van der Waals surface area contributed by atoms with Gasteiger partial charge in [-0.1, -0.05) is 42.8 Å². The van der Waals surface area contributed by atoms with E-state index in [1.54, 1.807) is 0 Å². The van der Waals surface area contributed by atoms with Gasteiger partial charge in [-0.05, 0) is 63.0 Å². The Bertz CT molecular complexity index is 743. The Labute approximate surface area is 174 Å². The number of hydrogen-bond acceptors (Lipinski definition) is 3. The highest BCUT2D eigenvalue weighted by atomic mass is 35.5. The summed E-state index contributed by atoms with van der Waals surface area (Å²) in [6.45, 7) is 7.63. The van der Waals surface area contributed by atoms with Crippen LogP contribution in [0, 0.1) is 6.92 Å². The molecule has 2 aromatic rings. The lowest BCUT2D eigenvalue weighted by Crippen LogP contribution is -2.36. The maximum atomic E-state index is 12.7. The van der Waals surface area contributed by atoms with Crippen molar-refractivity contribution in [3.05, 3.63) is 65.2 Å². The van der Waals surface area contributed by atoms with E-state index in [0.717, 1.165) is 25.3 Å². The largest absolute Gasteiger partial charge is 0.494 e. The second-order valence-corrected chi connectivity index (χ2v) is 7.26. The van der Waals surface area contributed by atoms with Gasteiger partial charge in [0.1, 0.15) is 5.75 Å². The first-order valence-electron chi connectivity index (χ1n) is 9.99. The molecule has 1 saturated heterocycles. The molecule has 3 rings (SSSR count). The summed E-state index contributed by atoms with van der Waals surface area (Å²) in [6.07, 6.45) is 3.41. The van der Waals surface area contributed by atoms with Crippen LogP contribution in [0.5, 0.6) is 5.75 Å². The summed E-state index contributed by atoms with van der Waals surface area (Å²) >= 11 is 0. The molecule has 1 aliphatic heterocycles. The zero-order valence-corrected chi connectivity index (χ0v) is 17.6. The van der Waals surface area contributed by atoms with E-state index < -0.39 is 0 Å². The maximum Gasteiger partial charge on any atom is 0.251 e. The first-order valence-corrected chi connectivity index (χ1v) is 9.99. The van der Waals surface area contributed by atoms with Gasteiger partial charge in [0.2, 0.25) is 0 Å². The molecule has 0 aliphatic carbocycles. The molecule has 152 valence electrons. The van der Waals surface area contributed by atoms with Gasteiger partial charge in [-0.25, -0.2) is 0 Å². The van der Waals surface area contributed by atoms with Gasteiger partial charge < -0.3 is 10.1 Å². The smallest absolute Gasteiger partial charge is 0.251 e. The van der Waals surface area contributed by atoms with Crippen molar-refractivity contribution < 1.29 is 9.53 Å². The lowest BCUT2D eigenvalue weighted by atomic mass is 10.0. The molecule has 1 amide bonds. The number of halogens is 1. The Hall–Kier alpha value is -2.04. The molecule has 0 radical (unpaired) electrons.